The molecule has 172 valence electrons. The van der Waals surface area contributed by atoms with Gasteiger partial charge in [0.2, 0.25) is 0 Å². The molecule has 0 saturated carbocycles. The number of anilines is 1. The summed E-state index contributed by atoms with van der Waals surface area (Å²) in [6, 6.07) is 15.4. The lowest BCUT2D eigenvalue weighted by atomic mass is 10.0. The van der Waals surface area contributed by atoms with Crippen molar-refractivity contribution in [1.29, 1.82) is 0 Å². The van der Waals surface area contributed by atoms with Crippen LogP contribution in [0.4, 0.5) is 5.82 Å². The van der Waals surface area contributed by atoms with Gasteiger partial charge in [0, 0.05) is 54.0 Å². The minimum absolute atomic E-state index is 0.135. The number of nitrogens with one attached hydrogen (secondary N) is 1. The number of ether oxygens (including phenoxy) is 2. The van der Waals surface area contributed by atoms with Crippen molar-refractivity contribution in [2.24, 2.45) is 0 Å². The van der Waals surface area contributed by atoms with Crippen molar-refractivity contribution in [3.05, 3.63) is 83.6 Å². The van der Waals surface area contributed by atoms with Gasteiger partial charge < -0.3 is 19.6 Å². The van der Waals surface area contributed by atoms with Gasteiger partial charge in [-0.2, -0.15) is 5.48 Å². The quantitative estimate of drug-likeness (QED) is 0.387. The zero-order chi connectivity index (χ0) is 22.9. The maximum absolute atomic E-state index is 9.87. The van der Waals surface area contributed by atoms with Crippen LogP contribution in [-0.4, -0.2) is 34.4 Å². The summed E-state index contributed by atoms with van der Waals surface area (Å²) >= 11 is 1.66. The van der Waals surface area contributed by atoms with Crippen LogP contribution in [0.15, 0.2) is 72.4 Å². The van der Waals surface area contributed by atoms with Gasteiger partial charge in [-0.25, -0.2) is 4.98 Å². The molecule has 1 atom stereocenters. The van der Waals surface area contributed by atoms with Crippen LogP contribution in [0.5, 0.6) is 11.5 Å². The summed E-state index contributed by atoms with van der Waals surface area (Å²) in [4.78, 5) is 11.3. The maximum Gasteiger partial charge on any atom is 0.151 e. The van der Waals surface area contributed by atoms with Crippen molar-refractivity contribution >= 4 is 33.0 Å². The van der Waals surface area contributed by atoms with Crippen molar-refractivity contribution in [3.8, 4) is 11.5 Å². The fraction of sp³-hybridized carbons (Fsp3) is 0.231. The highest BCUT2D eigenvalue weighted by atomic mass is 32.1. The van der Waals surface area contributed by atoms with Crippen LogP contribution < -0.4 is 19.9 Å². The minimum atomic E-state index is -0.422. The predicted octanol–water partition coefficient (Wildman–Crippen LogP) is 5.19. The van der Waals surface area contributed by atoms with Gasteiger partial charge in [-0.1, -0.05) is 6.07 Å². The molecule has 1 unspecified atom stereocenters. The minimum Gasteiger partial charge on any atom is -0.490 e. The number of aromatic nitrogens is 2. The second-order valence-corrected chi connectivity index (χ2v) is 9.41. The molecule has 3 aromatic heterocycles. The molecule has 0 bridgehead atoms. The summed E-state index contributed by atoms with van der Waals surface area (Å²) < 4.78 is 13.6. The predicted molar refractivity (Wildman–Crippen MR) is 132 cm³/mol. The molecule has 8 heteroatoms. The Labute approximate surface area is 201 Å². The number of fused-ring (bicyclic) bond motifs is 2. The van der Waals surface area contributed by atoms with Gasteiger partial charge in [0.05, 0.1) is 6.04 Å². The Bertz CT molecular complexity index is 1330. The van der Waals surface area contributed by atoms with E-state index in [2.05, 4.69) is 20.3 Å². The van der Waals surface area contributed by atoms with E-state index in [9.17, 15) is 5.21 Å². The highest BCUT2D eigenvalue weighted by Gasteiger charge is 2.26. The third-order valence-corrected chi connectivity index (χ3v) is 7.18. The number of thiophene rings is 1. The Balaban J connectivity index is 1.16. The molecule has 2 N–H and O–H groups in total. The molecule has 2 aliphatic rings. The van der Waals surface area contributed by atoms with Crippen molar-refractivity contribution in [2.45, 2.75) is 25.0 Å². The van der Waals surface area contributed by atoms with Gasteiger partial charge >= 0.3 is 0 Å². The lowest BCUT2D eigenvalue weighted by Crippen LogP contribution is -2.38. The van der Waals surface area contributed by atoms with E-state index in [4.69, 9.17) is 9.47 Å². The highest BCUT2D eigenvalue weighted by Crippen LogP contribution is 2.39. The molecule has 0 radical (unpaired) electrons. The molecule has 1 aromatic carbocycles. The molecular weight excluding hydrogens is 448 g/mol. The first-order valence-electron chi connectivity index (χ1n) is 11.4. The lowest BCUT2D eigenvalue weighted by molar-refractivity contribution is 0.140. The van der Waals surface area contributed by atoms with Crippen molar-refractivity contribution < 1.29 is 14.7 Å². The number of nitrogens with zero attached hydrogens (tertiary/aromatic N) is 3. The smallest absolute Gasteiger partial charge is 0.151 e. The molecule has 7 nitrogen and oxygen atoms in total. The normalized spacial score (nSPS) is 18.3. The number of rotatable bonds is 5. The molecular formula is C26H24N4O3S. The van der Waals surface area contributed by atoms with Crippen LogP contribution in [0, 0.1) is 0 Å². The molecule has 0 amide bonds. The molecule has 0 spiro atoms. The fourth-order valence-corrected chi connectivity index (χ4v) is 5.30. The number of benzene rings is 1. The number of pyridine rings is 2. The molecule has 6 rings (SSSR count). The van der Waals surface area contributed by atoms with E-state index in [1.807, 2.05) is 72.4 Å². The van der Waals surface area contributed by atoms with Crippen LogP contribution in [-0.2, 0) is 0 Å². The molecule has 4 aromatic rings. The molecule has 1 saturated heterocycles. The van der Waals surface area contributed by atoms with Crippen molar-refractivity contribution in [1.82, 2.24) is 15.4 Å². The average molecular weight is 473 g/mol. The third kappa shape index (κ3) is 4.11. The van der Waals surface area contributed by atoms with Crippen molar-refractivity contribution in [3.63, 3.8) is 0 Å². The number of hydrogen-bond acceptors (Lipinski definition) is 8. The van der Waals surface area contributed by atoms with Gasteiger partial charge in [0.1, 0.15) is 29.1 Å². The van der Waals surface area contributed by atoms with E-state index >= 15 is 0 Å². The fourth-order valence-electron chi connectivity index (χ4n) is 4.50. The monoisotopic (exact) mass is 472 g/mol. The van der Waals surface area contributed by atoms with Gasteiger partial charge in [-0.05, 0) is 53.9 Å². The second kappa shape index (κ2) is 9.06. The topological polar surface area (TPSA) is 79.7 Å². The van der Waals surface area contributed by atoms with Crippen LogP contribution in [0.25, 0.3) is 15.8 Å². The first kappa shape index (κ1) is 21.1. The Morgan fingerprint density at radius 3 is 2.82 bits per heavy atom. The zero-order valence-corrected chi connectivity index (χ0v) is 19.2. The van der Waals surface area contributed by atoms with E-state index in [1.165, 1.54) is 0 Å². The number of piperidine rings is 1. The first-order valence-corrected chi connectivity index (χ1v) is 12.2. The van der Waals surface area contributed by atoms with Gasteiger partial charge in [0.25, 0.3) is 0 Å². The summed E-state index contributed by atoms with van der Waals surface area (Å²) in [5.74, 6) is 3.08. The lowest BCUT2D eigenvalue weighted by Gasteiger charge is -2.33. The second-order valence-electron chi connectivity index (χ2n) is 8.46. The highest BCUT2D eigenvalue weighted by molar-refractivity contribution is 7.17. The molecule has 34 heavy (non-hydrogen) atoms. The Morgan fingerprint density at radius 1 is 1.09 bits per heavy atom. The molecule has 0 aliphatic carbocycles. The molecule has 2 aliphatic heterocycles. The SMILES string of the molecule is ONC1C=C(c2cc3sccc3cn2)Oc2ccc(OC3CCN(c4ccccn4)CC3)cc21. The largest absolute Gasteiger partial charge is 0.490 e. The van der Waals surface area contributed by atoms with Crippen LogP contribution in [0.2, 0.25) is 0 Å². The Morgan fingerprint density at radius 2 is 2.00 bits per heavy atom. The molecule has 1 fully saturated rings. The third-order valence-electron chi connectivity index (χ3n) is 6.30. The van der Waals surface area contributed by atoms with Gasteiger partial charge in [-0.15, -0.1) is 11.3 Å². The van der Waals surface area contributed by atoms with Crippen molar-refractivity contribution in [2.75, 3.05) is 18.0 Å². The number of hydroxylamine groups is 1. The van der Waals surface area contributed by atoms with Crippen LogP contribution in [0.3, 0.4) is 0 Å². The van der Waals surface area contributed by atoms with Gasteiger partial charge in [0.15, 0.2) is 5.76 Å². The van der Waals surface area contributed by atoms with Crippen LogP contribution >= 0.6 is 11.3 Å². The Kier molecular flexibility index (Phi) is 5.62. The van der Waals surface area contributed by atoms with E-state index in [0.29, 0.717) is 11.5 Å². The summed E-state index contributed by atoms with van der Waals surface area (Å²) in [7, 11) is 0. The standard InChI is InChI=1S/C26H24N4O3S/c31-29-21-14-24(22-15-25-17(16-28-22)8-12-34-25)33-23-5-4-19(13-20(21)23)32-18-6-10-30(11-7-18)26-3-1-2-9-27-26/h1-5,8-9,12-16,18,21,29,31H,6-7,10-11H2. The van der Waals surface area contributed by atoms with E-state index < -0.39 is 6.04 Å². The first-order chi connectivity index (χ1) is 16.8. The van der Waals surface area contributed by atoms with Gasteiger partial charge in [-0.3, -0.25) is 4.98 Å². The molecule has 5 heterocycles. The summed E-state index contributed by atoms with van der Waals surface area (Å²) in [5, 5.41) is 13.0. The van der Waals surface area contributed by atoms with Crippen LogP contribution in [0.1, 0.15) is 30.1 Å². The number of hydrogen-bond donors (Lipinski definition) is 2. The van der Waals surface area contributed by atoms with E-state index in [-0.39, 0.29) is 6.10 Å². The summed E-state index contributed by atoms with van der Waals surface area (Å²) in [5.41, 5.74) is 3.96. The van der Waals surface area contributed by atoms with E-state index in [0.717, 1.165) is 58.8 Å². The maximum atomic E-state index is 9.87. The summed E-state index contributed by atoms with van der Waals surface area (Å²) in [6.07, 6.45) is 7.50. The average Bonchev–Trinajstić information content (AvgIpc) is 3.37. The zero-order valence-electron chi connectivity index (χ0n) is 18.4. The Hall–Kier alpha value is -3.46. The summed E-state index contributed by atoms with van der Waals surface area (Å²) in [6.45, 7) is 1.81. The van der Waals surface area contributed by atoms with E-state index in [1.54, 1.807) is 11.3 Å².